The van der Waals surface area contributed by atoms with Crippen LogP contribution in [-0.4, -0.2) is 53.6 Å². The molecule has 0 aromatic heterocycles. The number of hydrogen-bond donors (Lipinski definition) is 3. The Kier molecular flexibility index (Phi) is 8.92. The molecule has 1 aromatic carbocycles. The van der Waals surface area contributed by atoms with E-state index in [1.807, 2.05) is 64.6 Å². The quantitative estimate of drug-likeness (QED) is 0.422. The Morgan fingerprint density at radius 1 is 1.16 bits per heavy atom. The van der Waals surface area contributed by atoms with E-state index in [9.17, 15) is 9.59 Å². The summed E-state index contributed by atoms with van der Waals surface area (Å²) in [5, 5.41) is 9.42. The Morgan fingerprint density at radius 2 is 1.88 bits per heavy atom. The summed E-state index contributed by atoms with van der Waals surface area (Å²) < 4.78 is 5.35. The van der Waals surface area contributed by atoms with Crippen molar-refractivity contribution in [3.8, 4) is 0 Å². The van der Waals surface area contributed by atoms with E-state index < -0.39 is 17.2 Å². The minimum atomic E-state index is -0.541. The number of hydrogen-bond acceptors (Lipinski definition) is 4. The number of amides is 2. The fraction of sp³-hybridized carbons (Fsp3) is 0.625. The van der Waals surface area contributed by atoms with Gasteiger partial charge in [-0.15, -0.1) is 0 Å². The van der Waals surface area contributed by atoms with E-state index in [1.54, 1.807) is 0 Å². The number of likely N-dealkylation sites (tertiary alicyclic amines) is 1. The van der Waals surface area contributed by atoms with Gasteiger partial charge in [0.15, 0.2) is 5.96 Å². The average Bonchev–Trinajstić information content (AvgIpc) is 3.07. The van der Waals surface area contributed by atoms with Crippen molar-refractivity contribution in [3.05, 3.63) is 35.4 Å². The molecule has 178 valence electrons. The molecule has 0 saturated carbocycles. The number of carbonyl (C=O) groups is 2. The van der Waals surface area contributed by atoms with Gasteiger partial charge >= 0.3 is 6.09 Å². The molecule has 0 aliphatic carbocycles. The van der Waals surface area contributed by atoms with Crippen LogP contribution in [0.5, 0.6) is 0 Å². The third-order valence-corrected chi connectivity index (χ3v) is 4.84. The van der Waals surface area contributed by atoms with Gasteiger partial charge in [-0.3, -0.25) is 4.79 Å². The molecule has 32 heavy (non-hydrogen) atoms. The monoisotopic (exact) mass is 445 g/mol. The Bertz CT molecular complexity index is 814. The molecule has 1 fully saturated rings. The van der Waals surface area contributed by atoms with Gasteiger partial charge in [-0.25, -0.2) is 9.79 Å². The van der Waals surface area contributed by atoms with E-state index in [2.05, 4.69) is 27.0 Å². The molecule has 1 aliphatic heterocycles. The normalized spacial score (nSPS) is 15.0. The zero-order chi connectivity index (χ0) is 23.8. The highest BCUT2D eigenvalue weighted by Crippen LogP contribution is 2.15. The van der Waals surface area contributed by atoms with Crippen LogP contribution in [0.3, 0.4) is 0 Å². The maximum absolute atomic E-state index is 12.1. The second-order valence-electron chi connectivity index (χ2n) is 9.80. The first kappa shape index (κ1) is 25.5. The second-order valence-corrected chi connectivity index (χ2v) is 9.80. The molecule has 2 rings (SSSR count). The highest BCUT2D eigenvalue weighted by molar-refractivity contribution is 5.80. The van der Waals surface area contributed by atoms with Crippen molar-refractivity contribution in [3.63, 3.8) is 0 Å². The first-order valence-corrected chi connectivity index (χ1v) is 11.4. The van der Waals surface area contributed by atoms with Crippen LogP contribution in [0.25, 0.3) is 0 Å². The summed E-state index contributed by atoms with van der Waals surface area (Å²) in [6, 6.07) is 8.20. The number of carbonyl (C=O) groups excluding carboxylic acids is 2. The van der Waals surface area contributed by atoms with Crippen LogP contribution in [-0.2, 0) is 22.6 Å². The van der Waals surface area contributed by atoms with E-state index in [4.69, 9.17) is 4.74 Å². The molecule has 8 nitrogen and oxygen atoms in total. The highest BCUT2D eigenvalue weighted by Gasteiger charge is 2.25. The molecule has 0 radical (unpaired) electrons. The lowest BCUT2D eigenvalue weighted by Crippen LogP contribution is -2.54. The largest absolute Gasteiger partial charge is 0.444 e. The van der Waals surface area contributed by atoms with Gasteiger partial charge in [0.1, 0.15) is 5.60 Å². The van der Waals surface area contributed by atoms with Crippen molar-refractivity contribution in [1.29, 1.82) is 0 Å². The van der Waals surface area contributed by atoms with Gasteiger partial charge in [0.25, 0.3) is 0 Å². The van der Waals surface area contributed by atoms with Crippen molar-refractivity contribution in [2.24, 2.45) is 4.99 Å². The van der Waals surface area contributed by atoms with Gasteiger partial charge in [-0.1, -0.05) is 24.3 Å². The van der Waals surface area contributed by atoms with Gasteiger partial charge in [-0.2, -0.15) is 0 Å². The smallest absolute Gasteiger partial charge is 0.408 e. The third-order valence-electron chi connectivity index (χ3n) is 4.84. The Balaban J connectivity index is 1.94. The Morgan fingerprint density at radius 3 is 2.50 bits per heavy atom. The van der Waals surface area contributed by atoms with Crippen molar-refractivity contribution in [2.75, 3.05) is 19.6 Å². The minimum Gasteiger partial charge on any atom is -0.444 e. The summed E-state index contributed by atoms with van der Waals surface area (Å²) in [6.45, 7) is 14.6. The van der Waals surface area contributed by atoms with Crippen molar-refractivity contribution in [1.82, 2.24) is 20.9 Å². The zero-order valence-electron chi connectivity index (χ0n) is 20.4. The lowest BCUT2D eigenvalue weighted by atomic mass is 10.1. The number of nitrogens with zero attached hydrogens (tertiary/aromatic N) is 2. The van der Waals surface area contributed by atoms with Crippen LogP contribution in [0.15, 0.2) is 29.3 Å². The summed E-state index contributed by atoms with van der Waals surface area (Å²) in [5.41, 5.74) is 1.13. The number of ether oxygens (including phenoxy) is 1. The van der Waals surface area contributed by atoms with E-state index >= 15 is 0 Å². The van der Waals surface area contributed by atoms with Crippen LogP contribution in [0.4, 0.5) is 4.79 Å². The topological polar surface area (TPSA) is 95.1 Å². The Hall–Kier alpha value is -2.77. The van der Waals surface area contributed by atoms with Crippen LogP contribution in [0, 0.1) is 0 Å². The average molecular weight is 446 g/mol. The molecule has 1 aliphatic rings. The maximum atomic E-state index is 12.1. The van der Waals surface area contributed by atoms with E-state index in [0.717, 1.165) is 30.6 Å². The fourth-order valence-electron chi connectivity index (χ4n) is 3.36. The molecule has 8 heteroatoms. The lowest BCUT2D eigenvalue weighted by molar-refractivity contribution is -0.128. The number of nitrogens with one attached hydrogen (secondary N) is 3. The number of guanidine groups is 1. The van der Waals surface area contributed by atoms with Crippen molar-refractivity contribution in [2.45, 2.75) is 78.6 Å². The molecule has 0 unspecified atom stereocenters. The second kappa shape index (κ2) is 11.2. The Labute approximate surface area is 192 Å². The summed E-state index contributed by atoms with van der Waals surface area (Å²) in [4.78, 5) is 30.6. The standard InChI is InChI=1S/C24H39N5O3/c1-7-25-21(27-17-24(5,6)28-22(31)32-23(2,3)4)26-15-18-10-8-11-19(14-18)16-29-13-9-12-20(29)30/h8,10-11,14H,7,9,12-13,15-17H2,1-6H3,(H,28,31)(H2,25,26,27). The molecule has 1 heterocycles. The van der Waals surface area contributed by atoms with Gasteiger partial charge in [0.05, 0.1) is 12.1 Å². The molecule has 1 saturated heterocycles. The van der Waals surface area contributed by atoms with Gasteiger partial charge in [0.2, 0.25) is 5.91 Å². The van der Waals surface area contributed by atoms with Gasteiger partial charge in [0, 0.05) is 32.6 Å². The summed E-state index contributed by atoms with van der Waals surface area (Å²) in [7, 11) is 0. The molecule has 0 atom stereocenters. The first-order valence-electron chi connectivity index (χ1n) is 11.4. The van der Waals surface area contributed by atoms with Gasteiger partial charge < -0.3 is 25.6 Å². The molecule has 2 amide bonds. The molecular weight excluding hydrogens is 406 g/mol. The van der Waals surface area contributed by atoms with Crippen LogP contribution in [0.2, 0.25) is 0 Å². The number of benzene rings is 1. The maximum Gasteiger partial charge on any atom is 0.408 e. The summed E-state index contributed by atoms with van der Waals surface area (Å²) in [5.74, 6) is 0.904. The number of aliphatic imine (C=N–C) groups is 1. The van der Waals surface area contributed by atoms with E-state index in [1.165, 1.54) is 0 Å². The first-order chi connectivity index (χ1) is 15.0. The predicted octanol–water partition coefficient (Wildman–Crippen LogP) is 3.17. The van der Waals surface area contributed by atoms with E-state index in [-0.39, 0.29) is 5.91 Å². The minimum absolute atomic E-state index is 0.231. The molecule has 1 aromatic rings. The number of alkyl carbamates (subject to hydrolysis) is 1. The zero-order valence-corrected chi connectivity index (χ0v) is 20.4. The molecule has 0 bridgehead atoms. The van der Waals surface area contributed by atoms with Gasteiger partial charge in [-0.05, 0) is 59.1 Å². The van der Waals surface area contributed by atoms with Crippen LogP contribution in [0.1, 0.15) is 65.5 Å². The molecule has 0 spiro atoms. The summed E-state index contributed by atoms with van der Waals surface area (Å²) >= 11 is 0. The molecular formula is C24H39N5O3. The lowest BCUT2D eigenvalue weighted by Gasteiger charge is -2.29. The van der Waals surface area contributed by atoms with Crippen molar-refractivity contribution >= 4 is 18.0 Å². The predicted molar refractivity (Wildman–Crippen MR) is 127 cm³/mol. The summed E-state index contributed by atoms with van der Waals surface area (Å²) in [6.07, 6.45) is 1.15. The number of rotatable bonds is 8. The fourth-order valence-corrected chi connectivity index (χ4v) is 3.36. The highest BCUT2D eigenvalue weighted by atomic mass is 16.6. The van der Waals surface area contributed by atoms with E-state index in [0.29, 0.717) is 32.0 Å². The third kappa shape index (κ3) is 9.16. The van der Waals surface area contributed by atoms with Crippen molar-refractivity contribution < 1.29 is 14.3 Å². The SMILES string of the molecule is CCNC(=NCc1cccc(CN2CCCC2=O)c1)NCC(C)(C)NC(=O)OC(C)(C)C. The van der Waals surface area contributed by atoms with Crippen LogP contribution < -0.4 is 16.0 Å². The molecule has 3 N–H and O–H groups in total. The van der Waals surface area contributed by atoms with Crippen LogP contribution >= 0.6 is 0 Å².